The number of hydrogen-bond donors (Lipinski definition) is 2. The van der Waals surface area contributed by atoms with Crippen LogP contribution in [0.5, 0.6) is 0 Å². The molecule has 1 aromatic rings. The smallest absolute Gasteiger partial charge is 0.232 e. The van der Waals surface area contributed by atoms with E-state index in [9.17, 15) is 9.90 Å². The van der Waals surface area contributed by atoms with Gasteiger partial charge in [0, 0.05) is 19.1 Å². The van der Waals surface area contributed by atoms with E-state index in [1.807, 2.05) is 44.2 Å². The SMILES string of the molecule is CC(C)(C(=O)N(CCO)CC1CCCN1)c1ccccc1. The summed E-state index contributed by atoms with van der Waals surface area (Å²) < 4.78 is 0. The molecule has 0 radical (unpaired) electrons. The number of rotatable bonds is 6. The molecule has 4 nitrogen and oxygen atoms in total. The predicted molar refractivity (Wildman–Crippen MR) is 84.2 cm³/mol. The van der Waals surface area contributed by atoms with Gasteiger partial charge in [0.15, 0.2) is 0 Å². The molecular weight excluding hydrogens is 264 g/mol. The van der Waals surface area contributed by atoms with Gasteiger partial charge in [0.1, 0.15) is 0 Å². The van der Waals surface area contributed by atoms with Gasteiger partial charge in [0.25, 0.3) is 0 Å². The Kier molecular flexibility index (Phi) is 5.37. The van der Waals surface area contributed by atoms with Crippen molar-refractivity contribution in [2.75, 3.05) is 26.2 Å². The highest BCUT2D eigenvalue weighted by Gasteiger charge is 2.34. The minimum atomic E-state index is -0.574. The van der Waals surface area contributed by atoms with Gasteiger partial charge >= 0.3 is 0 Å². The number of amides is 1. The van der Waals surface area contributed by atoms with E-state index in [-0.39, 0.29) is 12.5 Å². The van der Waals surface area contributed by atoms with Crippen molar-refractivity contribution in [1.29, 1.82) is 0 Å². The minimum Gasteiger partial charge on any atom is -0.395 e. The molecular formula is C17H26N2O2. The molecule has 0 spiro atoms. The molecule has 0 saturated carbocycles. The third-order valence-corrected chi connectivity index (χ3v) is 4.29. The van der Waals surface area contributed by atoms with Crippen molar-refractivity contribution >= 4 is 5.91 Å². The number of carbonyl (C=O) groups excluding carboxylic acids is 1. The second kappa shape index (κ2) is 7.05. The third kappa shape index (κ3) is 3.83. The van der Waals surface area contributed by atoms with Gasteiger partial charge in [-0.05, 0) is 38.8 Å². The molecule has 0 aliphatic carbocycles. The van der Waals surface area contributed by atoms with Crippen LogP contribution in [0, 0.1) is 0 Å². The van der Waals surface area contributed by atoms with Crippen molar-refractivity contribution in [3.8, 4) is 0 Å². The predicted octanol–water partition coefficient (Wildman–Crippen LogP) is 1.54. The molecule has 1 heterocycles. The first kappa shape index (κ1) is 16.0. The van der Waals surface area contributed by atoms with E-state index in [2.05, 4.69) is 5.32 Å². The monoisotopic (exact) mass is 290 g/mol. The number of aliphatic hydroxyl groups is 1. The first-order valence-corrected chi connectivity index (χ1v) is 7.75. The van der Waals surface area contributed by atoms with Crippen molar-refractivity contribution in [3.05, 3.63) is 35.9 Å². The number of hydrogen-bond acceptors (Lipinski definition) is 3. The topological polar surface area (TPSA) is 52.6 Å². The summed E-state index contributed by atoms with van der Waals surface area (Å²) in [5.74, 6) is 0.0800. The van der Waals surface area contributed by atoms with Gasteiger partial charge < -0.3 is 15.3 Å². The van der Waals surface area contributed by atoms with E-state index in [0.717, 1.165) is 24.9 Å². The summed E-state index contributed by atoms with van der Waals surface area (Å²) in [6.45, 7) is 6.01. The van der Waals surface area contributed by atoms with Crippen LogP contribution in [0.3, 0.4) is 0 Å². The van der Waals surface area contributed by atoms with Crippen molar-refractivity contribution in [2.45, 2.75) is 38.1 Å². The molecule has 1 saturated heterocycles. The molecule has 116 valence electrons. The van der Waals surface area contributed by atoms with Crippen LogP contribution in [0.4, 0.5) is 0 Å². The van der Waals surface area contributed by atoms with Gasteiger partial charge in [-0.1, -0.05) is 30.3 Å². The lowest BCUT2D eigenvalue weighted by molar-refractivity contribution is -0.137. The van der Waals surface area contributed by atoms with Gasteiger partial charge in [-0.15, -0.1) is 0 Å². The summed E-state index contributed by atoms with van der Waals surface area (Å²) in [5.41, 5.74) is 0.437. The molecule has 21 heavy (non-hydrogen) atoms. The Labute approximate surface area is 127 Å². The molecule has 1 aromatic carbocycles. The zero-order valence-corrected chi connectivity index (χ0v) is 13.0. The number of benzene rings is 1. The van der Waals surface area contributed by atoms with E-state index in [4.69, 9.17) is 0 Å². The number of carbonyl (C=O) groups is 1. The van der Waals surface area contributed by atoms with E-state index in [1.165, 1.54) is 0 Å². The second-order valence-corrected chi connectivity index (χ2v) is 6.26. The van der Waals surface area contributed by atoms with E-state index < -0.39 is 5.41 Å². The minimum absolute atomic E-state index is 0.00330. The first-order chi connectivity index (χ1) is 10.1. The summed E-state index contributed by atoms with van der Waals surface area (Å²) in [7, 11) is 0. The maximum atomic E-state index is 12.9. The average molecular weight is 290 g/mol. The standard InChI is InChI=1S/C17H26N2O2/c1-17(2,14-7-4-3-5-8-14)16(21)19(11-12-20)13-15-9-6-10-18-15/h3-5,7-8,15,18,20H,6,9-13H2,1-2H3. The Morgan fingerprint density at radius 1 is 1.38 bits per heavy atom. The van der Waals surface area contributed by atoms with Crippen LogP contribution in [-0.2, 0) is 10.2 Å². The Morgan fingerprint density at radius 3 is 2.67 bits per heavy atom. The maximum absolute atomic E-state index is 12.9. The van der Waals surface area contributed by atoms with Crippen LogP contribution < -0.4 is 5.32 Å². The lowest BCUT2D eigenvalue weighted by Crippen LogP contribution is -2.49. The van der Waals surface area contributed by atoms with Crippen molar-refractivity contribution in [3.63, 3.8) is 0 Å². The zero-order chi connectivity index (χ0) is 15.3. The van der Waals surface area contributed by atoms with Crippen LogP contribution in [0.25, 0.3) is 0 Å². The van der Waals surface area contributed by atoms with E-state index >= 15 is 0 Å². The fraction of sp³-hybridized carbons (Fsp3) is 0.588. The highest BCUT2D eigenvalue weighted by Crippen LogP contribution is 2.26. The summed E-state index contributed by atoms with van der Waals surface area (Å²) >= 11 is 0. The number of aliphatic hydroxyl groups excluding tert-OH is 1. The Hall–Kier alpha value is -1.39. The van der Waals surface area contributed by atoms with Crippen LogP contribution in [0.2, 0.25) is 0 Å². The lowest BCUT2D eigenvalue weighted by atomic mass is 9.83. The molecule has 4 heteroatoms. The highest BCUT2D eigenvalue weighted by atomic mass is 16.3. The van der Waals surface area contributed by atoms with Gasteiger partial charge in [0.05, 0.1) is 12.0 Å². The molecule has 1 fully saturated rings. The van der Waals surface area contributed by atoms with Gasteiger partial charge in [-0.3, -0.25) is 4.79 Å². The van der Waals surface area contributed by atoms with Crippen LogP contribution in [-0.4, -0.2) is 48.2 Å². The van der Waals surface area contributed by atoms with Crippen molar-refractivity contribution < 1.29 is 9.90 Å². The summed E-state index contributed by atoms with van der Waals surface area (Å²) in [4.78, 5) is 14.7. The largest absolute Gasteiger partial charge is 0.395 e. The van der Waals surface area contributed by atoms with Crippen LogP contribution in [0.15, 0.2) is 30.3 Å². The fourth-order valence-electron chi connectivity index (χ4n) is 2.95. The molecule has 0 bridgehead atoms. The average Bonchev–Trinajstić information content (AvgIpc) is 3.00. The third-order valence-electron chi connectivity index (χ3n) is 4.29. The Morgan fingerprint density at radius 2 is 2.10 bits per heavy atom. The summed E-state index contributed by atoms with van der Waals surface area (Å²) in [6, 6.07) is 10.2. The molecule has 0 aromatic heterocycles. The second-order valence-electron chi connectivity index (χ2n) is 6.26. The van der Waals surface area contributed by atoms with Crippen molar-refractivity contribution in [2.24, 2.45) is 0 Å². The van der Waals surface area contributed by atoms with Gasteiger partial charge in [-0.25, -0.2) is 0 Å². The van der Waals surface area contributed by atoms with E-state index in [0.29, 0.717) is 19.1 Å². The zero-order valence-electron chi connectivity index (χ0n) is 13.0. The van der Waals surface area contributed by atoms with Gasteiger partial charge in [-0.2, -0.15) is 0 Å². The maximum Gasteiger partial charge on any atom is 0.232 e. The number of nitrogens with zero attached hydrogens (tertiary/aromatic N) is 1. The van der Waals surface area contributed by atoms with Crippen molar-refractivity contribution in [1.82, 2.24) is 10.2 Å². The summed E-state index contributed by atoms with van der Waals surface area (Å²) in [5, 5.41) is 12.7. The molecule has 1 unspecified atom stereocenters. The molecule has 1 aliphatic rings. The molecule has 2 N–H and O–H groups in total. The van der Waals surface area contributed by atoms with Crippen LogP contribution >= 0.6 is 0 Å². The van der Waals surface area contributed by atoms with Crippen LogP contribution in [0.1, 0.15) is 32.3 Å². The highest BCUT2D eigenvalue weighted by molar-refractivity contribution is 5.87. The first-order valence-electron chi connectivity index (χ1n) is 7.75. The van der Waals surface area contributed by atoms with Gasteiger partial charge in [0.2, 0.25) is 5.91 Å². The quantitative estimate of drug-likeness (QED) is 0.835. The molecule has 1 aliphatic heterocycles. The number of nitrogens with one attached hydrogen (secondary N) is 1. The van der Waals surface area contributed by atoms with E-state index in [1.54, 1.807) is 4.90 Å². The fourth-order valence-corrected chi connectivity index (χ4v) is 2.95. The lowest BCUT2D eigenvalue weighted by Gasteiger charge is -2.33. The molecule has 1 amide bonds. The molecule has 2 rings (SSSR count). The molecule has 1 atom stereocenters. The normalized spacial score (nSPS) is 18.7. The summed E-state index contributed by atoms with van der Waals surface area (Å²) in [6.07, 6.45) is 2.26. The Balaban J connectivity index is 2.12. The Bertz CT molecular complexity index is 453.